The number of ether oxygens (including phenoxy) is 1. The number of benzene rings is 2. The predicted octanol–water partition coefficient (Wildman–Crippen LogP) is 7.22. The summed E-state index contributed by atoms with van der Waals surface area (Å²) in [4.78, 5) is 13.8. The largest absolute Gasteiger partial charge is 0.462 e. The molecule has 6 heteroatoms. The molecular weight excluding hydrogens is 424 g/mol. The number of thiocarbonyl (C=S) groups is 1. The van der Waals surface area contributed by atoms with E-state index in [2.05, 4.69) is 36.6 Å². The van der Waals surface area contributed by atoms with Crippen molar-refractivity contribution >= 4 is 45.3 Å². The van der Waals surface area contributed by atoms with Crippen molar-refractivity contribution in [2.24, 2.45) is 0 Å². The summed E-state index contributed by atoms with van der Waals surface area (Å²) in [5, 5.41) is 7.55. The zero-order valence-corrected chi connectivity index (χ0v) is 20.0. The smallest absolute Gasteiger partial charge is 0.341 e. The molecule has 3 rings (SSSR count). The standard InChI is InChI=1S/C25H28N2O2S2/c1-5-16(3)18-12-14-20(15-13-18)26-25(30)27-23-22(24(28)29-6-2)21(17(4)31-23)19-10-8-7-9-11-19/h7-16H,5-6H2,1-4H3,(H2,26,27,30). The van der Waals surface area contributed by atoms with Gasteiger partial charge in [0.2, 0.25) is 0 Å². The molecule has 4 nitrogen and oxygen atoms in total. The Hall–Kier alpha value is -2.70. The maximum Gasteiger partial charge on any atom is 0.341 e. The minimum absolute atomic E-state index is 0.312. The van der Waals surface area contributed by atoms with Crippen LogP contribution >= 0.6 is 23.6 Å². The molecule has 162 valence electrons. The van der Waals surface area contributed by atoms with Crippen molar-refractivity contribution in [1.82, 2.24) is 0 Å². The highest BCUT2D eigenvalue weighted by Gasteiger charge is 2.24. The predicted molar refractivity (Wildman–Crippen MR) is 135 cm³/mol. The lowest BCUT2D eigenvalue weighted by Crippen LogP contribution is -2.20. The highest BCUT2D eigenvalue weighted by atomic mass is 32.1. The van der Waals surface area contributed by atoms with Gasteiger partial charge in [0.15, 0.2) is 5.11 Å². The van der Waals surface area contributed by atoms with Crippen molar-refractivity contribution in [1.29, 1.82) is 0 Å². The molecule has 0 amide bonds. The third kappa shape index (κ3) is 5.51. The lowest BCUT2D eigenvalue weighted by molar-refractivity contribution is 0.0529. The van der Waals surface area contributed by atoms with E-state index in [0.717, 1.165) is 28.1 Å². The molecule has 3 aromatic rings. The first-order valence-electron chi connectivity index (χ1n) is 10.5. The molecule has 0 saturated carbocycles. The zero-order valence-electron chi connectivity index (χ0n) is 18.3. The van der Waals surface area contributed by atoms with Crippen LogP contribution in [0.2, 0.25) is 0 Å². The Balaban J connectivity index is 1.85. The van der Waals surface area contributed by atoms with Gasteiger partial charge in [-0.1, -0.05) is 56.3 Å². The minimum Gasteiger partial charge on any atom is -0.462 e. The van der Waals surface area contributed by atoms with Gasteiger partial charge in [-0.3, -0.25) is 0 Å². The lowest BCUT2D eigenvalue weighted by atomic mass is 9.99. The third-order valence-corrected chi connectivity index (χ3v) is 6.43. The number of carbonyl (C=O) groups is 1. The van der Waals surface area contributed by atoms with Gasteiger partial charge >= 0.3 is 5.97 Å². The molecular formula is C25H28N2O2S2. The second kappa shape index (κ2) is 10.6. The molecule has 1 aromatic heterocycles. The lowest BCUT2D eigenvalue weighted by Gasteiger charge is -2.13. The van der Waals surface area contributed by atoms with E-state index in [4.69, 9.17) is 17.0 Å². The van der Waals surface area contributed by atoms with Crippen LogP contribution in [0.3, 0.4) is 0 Å². The van der Waals surface area contributed by atoms with Crippen molar-refractivity contribution < 1.29 is 9.53 Å². The first-order valence-corrected chi connectivity index (χ1v) is 11.7. The van der Waals surface area contributed by atoms with E-state index in [-0.39, 0.29) is 5.97 Å². The Morgan fingerprint density at radius 2 is 1.74 bits per heavy atom. The fourth-order valence-electron chi connectivity index (χ4n) is 3.38. The molecule has 0 aliphatic carbocycles. The van der Waals surface area contributed by atoms with Crippen molar-refractivity contribution in [2.75, 3.05) is 17.2 Å². The maximum absolute atomic E-state index is 12.8. The number of thiophene rings is 1. The number of esters is 1. The van der Waals surface area contributed by atoms with Crippen LogP contribution in [0.4, 0.5) is 10.7 Å². The number of carbonyl (C=O) groups excluding carboxylic acids is 1. The Labute approximate surface area is 193 Å². The highest BCUT2D eigenvalue weighted by Crippen LogP contribution is 2.40. The van der Waals surface area contributed by atoms with Crippen LogP contribution in [0, 0.1) is 6.92 Å². The monoisotopic (exact) mass is 452 g/mol. The van der Waals surface area contributed by atoms with Crippen LogP contribution in [-0.2, 0) is 4.74 Å². The summed E-state index contributed by atoms with van der Waals surface area (Å²) in [5.74, 6) is 0.172. The topological polar surface area (TPSA) is 50.4 Å². The van der Waals surface area contributed by atoms with Gasteiger partial charge in [0.25, 0.3) is 0 Å². The normalized spacial score (nSPS) is 11.6. The van der Waals surface area contributed by atoms with E-state index in [0.29, 0.717) is 28.2 Å². The quantitative estimate of drug-likeness (QED) is 0.293. The molecule has 2 aromatic carbocycles. The average Bonchev–Trinajstić information content (AvgIpc) is 3.09. The molecule has 0 radical (unpaired) electrons. The second-order valence-electron chi connectivity index (χ2n) is 7.33. The number of rotatable bonds is 7. The second-order valence-corrected chi connectivity index (χ2v) is 8.97. The van der Waals surface area contributed by atoms with Crippen molar-refractivity contribution in [3.05, 3.63) is 70.6 Å². The Morgan fingerprint density at radius 1 is 1.06 bits per heavy atom. The number of aryl methyl sites for hydroxylation is 1. The summed E-state index contributed by atoms with van der Waals surface area (Å²) >= 11 is 7.04. The molecule has 0 aliphatic heterocycles. The summed E-state index contributed by atoms with van der Waals surface area (Å²) in [7, 11) is 0. The Morgan fingerprint density at radius 3 is 2.35 bits per heavy atom. The third-order valence-electron chi connectivity index (χ3n) is 5.20. The van der Waals surface area contributed by atoms with Crippen LogP contribution in [0.25, 0.3) is 11.1 Å². The number of hydrogen-bond acceptors (Lipinski definition) is 4. The SMILES string of the molecule is CCOC(=O)c1c(NC(=S)Nc2ccc(C(C)CC)cc2)sc(C)c1-c1ccccc1. The van der Waals surface area contributed by atoms with Crippen LogP contribution in [-0.4, -0.2) is 17.7 Å². The number of hydrogen-bond donors (Lipinski definition) is 2. The maximum atomic E-state index is 12.8. The summed E-state index contributed by atoms with van der Waals surface area (Å²) in [6.45, 7) is 8.53. The van der Waals surface area contributed by atoms with E-state index in [9.17, 15) is 4.79 Å². The molecule has 0 fully saturated rings. The zero-order chi connectivity index (χ0) is 22.4. The molecule has 1 heterocycles. The van der Waals surface area contributed by atoms with Gasteiger partial charge in [-0.05, 0) is 61.7 Å². The first kappa shape index (κ1) is 23.0. The van der Waals surface area contributed by atoms with Crippen LogP contribution in [0.1, 0.15) is 53.9 Å². The van der Waals surface area contributed by atoms with E-state index >= 15 is 0 Å². The van der Waals surface area contributed by atoms with Gasteiger partial charge in [0.05, 0.1) is 6.61 Å². The summed E-state index contributed by atoms with van der Waals surface area (Å²) in [5.41, 5.74) is 4.59. The molecule has 0 spiro atoms. The van der Waals surface area contributed by atoms with Gasteiger partial charge in [-0.2, -0.15) is 0 Å². The van der Waals surface area contributed by atoms with Crippen LogP contribution in [0.5, 0.6) is 0 Å². The van der Waals surface area contributed by atoms with E-state index < -0.39 is 0 Å². The summed E-state index contributed by atoms with van der Waals surface area (Å²) in [6, 6.07) is 18.2. The minimum atomic E-state index is -0.353. The van der Waals surface area contributed by atoms with E-state index in [1.807, 2.05) is 56.3 Å². The Bertz CT molecular complexity index is 1040. The van der Waals surface area contributed by atoms with Gasteiger partial charge in [0, 0.05) is 16.1 Å². The summed E-state index contributed by atoms with van der Waals surface area (Å²) < 4.78 is 5.35. The van der Waals surface area contributed by atoms with Gasteiger partial charge in [-0.15, -0.1) is 11.3 Å². The molecule has 2 N–H and O–H groups in total. The molecule has 0 bridgehead atoms. The first-order chi connectivity index (χ1) is 14.9. The van der Waals surface area contributed by atoms with Crippen molar-refractivity contribution in [3.63, 3.8) is 0 Å². The van der Waals surface area contributed by atoms with Gasteiger partial charge < -0.3 is 15.4 Å². The Kier molecular flexibility index (Phi) is 7.82. The van der Waals surface area contributed by atoms with Crippen LogP contribution < -0.4 is 10.6 Å². The fourth-order valence-corrected chi connectivity index (χ4v) is 4.73. The van der Waals surface area contributed by atoms with Crippen molar-refractivity contribution in [3.8, 4) is 11.1 Å². The molecule has 1 unspecified atom stereocenters. The fraction of sp³-hybridized carbons (Fsp3) is 0.280. The highest BCUT2D eigenvalue weighted by molar-refractivity contribution is 7.80. The van der Waals surface area contributed by atoms with E-state index in [1.54, 1.807) is 0 Å². The molecule has 1 atom stereocenters. The van der Waals surface area contributed by atoms with E-state index in [1.165, 1.54) is 16.9 Å². The molecule has 0 aliphatic rings. The van der Waals surface area contributed by atoms with Gasteiger partial charge in [-0.25, -0.2) is 4.79 Å². The molecule has 0 saturated heterocycles. The average molecular weight is 453 g/mol. The summed E-state index contributed by atoms with van der Waals surface area (Å²) in [6.07, 6.45) is 1.10. The van der Waals surface area contributed by atoms with Crippen LogP contribution in [0.15, 0.2) is 54.6 Å². The molecule has 31 heavy (non-hydrogen) atoms. The van der Waals surface area contributed by atoms with Gasteiger partial charge in [0.1, 0.15) is 10.6 Å². The number of anilines is 2. The number of nitrogens with one attached hydrogen (secondary N) is 2. The van der Waals surface area contributed by atoms with Crippen molar-refractivity contribution in [2.45, 2.75) is 40.0 Å².